The highest BCUT2D eigenvalue weighted by atomic mass is 32.2. The van der Waals surface area contributed by atoms with E-state index in [1.165, 1.54) is 16.4 Å². The van der Waals surface area contributed by atoms with Crippen molar-refractivity contribution in [2.75, 3.05) is 17.7 Å². The van der Waals surface area contributed by atoms with Crippen LogP contribution in [0.2, 0.25) is 0 Å². The van der Waals surface area contributed by atoms with Crippen LogP contribution in [0.3, 0.4) is 0 Å². The highest BCUT2D eigenvalue weighted by Crippen LogP contribution is 2.21. The third kappa shape index (κ3) is 5.31. The van der Waals surface area contributed by atoms with Gasteiger partial charge in [0.2, 0.25) is 5.91 Å². The van der Waals surface area contributed by atoms with Gasteiger partial charge in [-0.3, -0.25) is 9.59 Å². The molecule has 128 valence electrons. The third-order valence-corrected chi connectivity index (χ3v) is 3.97. The number of benzene rings is 1. The minimum atomic E-state index is -0.408. The van der Waals surface area contributed by atoms with Crippen LogP contribution < -0.4 is 5.32 Å². The maximum Gasteiger partial charge on any atom is 0.327 e. The molecule has 1 aromatic carbocycles. The topological polar surface area (TPSA) is 93.5 Å². The Balaban J connectivity index is 1.93. The molecule has 0 aliphatic rings. The van der Waals surface area contributed by atoms with Gasteiger partial charge in [0.15, 0.2) is 0 Å². The van der Waals surface area contributed by atoms with Gasteiger partial charge < -0.3 is 15.2 Å². The van der Waals surface area contributed by atoms with Crippen molar-refractivity contribution in [3.8, 4) is 5.75 Å². The Morgan fingerprint density at radius 3 is 2.71 bits per heavy atom. The summed E-state index contributed by atoms with van der Waals surface area (Å²) < 4.78 is 6.31. The molecule has 0 unspecified atom stereocenters. The molecule has 1 aromatic heterocycles. The Morgan fingerprint density at radius 2 is 2.04 bits per heavy atom. The van der Waals surface area contributed by atoms with E-state index < -0.39 is 5.97 Å². The quantitative estimate of drug-likeness (QED) is 0.588. The summed E-state index contributed by atoms with van der Waals surface area (Å²) in [4.78, 5) is 24.5. The number of carbonyl (C=O) groups excluding carboxylic acids is 2. The number of amides is 1. The number of anilines is 1. The van der Waals surface area contributed by atoms with Gasteiger partial charge in [0.25, 0.3) is 0 Å². The molecule has 2 N–H and O–H groups in total. The number of ether oxygens (including phenoxy) is 1. The summed E-state index contributed by atoms with van der Waals surface area (Å²) in [5.74, 6) is 0.223. The zero-order chi connectivity index (χ0) is 17.5. The molecule has 0 bridgehead atoms. The molecule has 0 spiro atoms. The van der Waals surface area contributed by atoms with Crippen LogP contribution in [0, 0.1) is 6.92 Å². The van der Waals surface area contributed by atoms with E-state index in [4.69, 9.17) is 4.74 Å². The minimum Gasteiger partial charge on any atom is -0.508 e. The highest BCUT2D eigenvalue weighted by Gasteiger charge is 2.13. The molecule has 0 atom stereocenters. The summed E-state index contributed by atoms with van der Waals surface area (Å²) >= 11 is 1.35. The van der Waals surface area contributed by atoms with Crippen molar-refractivity contribution in [1.82, 2.24) is 9.78 Å². The number of hydrogen-bond donors (Lipinski definition) is 2. The number of phenolic OH excluding ortho intramolecular Hbond substituents is 1. The second kappa shape index (κ2) is 8.39. The zero-order valence-corrected chi connectivity index (χ0v) is 14.3. The summed E-state index contributed by atoms with van der Waals surface area (Å²) in [6.07, 6.45) is 0. The lowest BCUT2D eigenvalue weighted by Crippen LogP contribution is -2.20. The number of aromatic hydroxyl groups is 1. The molecule has 24 heavy (non-hydrogen) atoms. The number of carbonyl (C=O) groups is 2. The molecule has 0 aliphatic heterocycles. The Kier molecular flexibility index (Phi) is 6.25. The van der Waals surface area contributed by atoms with E-state index in [0.717, 1.165) is 4.90 Å². The Labute approximate surface area is 144 Å². The molecular formula is C16H19N3O4S. The molecule has 0 aliphatic carbocycles. The number of aromatic nitrogens is 2. The third-order valence-electron chi connectivity index (χ3n) is 2.96. The van der Waals surface area contributed by atoms with Crippen LogP contribution in [-0.2, 0) is 20.9 Å². The average molecular weight is 349 g/mol. The largest absolute Gasteiger partial charge is 0.508 e. The number of phenols is 1. The van der Waals surface area contributed by atoms with Gasteiger partial charge in [0.05, 0.1) is 18.1 Å². The van der Waals surface area contributed by atoms with Gasteiger partial charge in [-0.2, -0.15) is 5.10 Å². The van der Waals surface area contributed by atoms with Gasteiger partial charge in [0.1, 0.15) is 18.1 Å². The summed E-state index contributed by atoms with van der Waals surface area (Å²) in [7, 11) is 0. The lowest BCUT2D eigenvalue weighted by Gasteiger charge is -2.08. The van der Waals surface area contributed by atoms with Crippen LogP contribution in [0.25, 0.3) is 0 Å². The van der Waals surface area contributed by atoms with E-state index >= 15 is 0 Å². The van der Waals surface area contributed by atoms with E-state index in [2.05, 4.69) is 10.4 Å². The normalized spacial score (nSPS) is 10.4. The first-order chi connectivity index (χ1) is 11.5. The molecule has 0 saturated carbocycles. The molecule has 2 rings (SSSR count). The number of nitrogens with one attached hydrogen (secondary N) is 1. The minimum absolute atomic E-state index is 0.0532. The monoisotopic (exact) mass is 349 g/mol. The maximum absolute atomic E-state index is 12.1. The first kappa shape index (κ1) is 17.9. The number of rotatable bonds is 7. The fraction of sp³-hybridized carbons (Fsp3) is 0.312. The van der Waals surface area contributed by atoms with Gasteiger partial charge >= 0.3 is 5.97 Å². The molecule has 2 aromatic rings. The SMILES string of the molecule is CCOC(=O)Cn1nc(C)cc1NC(=O)CSc1ccc(O)cc1. The smallest absolute Gasteiger partial charge is 0.327 e. The van der Waals surface area contributed by atoms with Crippen LogP contribution in [0.1, 0.15) is 12.6 Å². The molecule has 0 fully saturated rings. The predicted molar refractivity (Wildman–Crippen MR) is 91.1 cm³/mol. The average Bonchev–Trinajstić information content (AvgIpc) is 2.86. The van der Waals surface area contributed by atoms with Crippen molar-refractivity contribution in [2.24, 2.45) is 0 Å². The molecule has 8 heteroatoms. The number of hydrogen-bond acceptors (Lipinski definition) is 6. The van der Waals surface area contributed by atoms with Crippen LogP contribution in [0.15, 0.2) is 35.2 Å². The van der Waals surface area contributed by atoms with E-state index in [9.17, 15) is 14.7 Å². The zero-order valence-electron chi connectivity index (χ0n) is 13.5. The van der Waals surface area contributed by atoms with Gasteiger partial charge in [-0.1, -0.05) is 0 Å². The maximum atomic E-state index is 12.1. The van der Waals surface area contributed by atoms with Crippen molar-refractivity contribution in [3.63, 3.8) is 0 Å². The number of aryl methyl sites for hydroxylation is 1. The van der Waals surface area contributed by atoms with Crippen molar-refractivity contribution in [3.05, 3.63) is 36.0 Å². The molecule has 0 saturated heterocycles. The predicted octanol–water partition coefficient (Wildman–Crippen LogP) is 2.19. The second-order valence-corrected chi connectivity index (χ2v) is 6.01. The van der Waals surface area contributed by atoms with Gasteiger partial charge in [-0.25, -0.2) is 4.68 Å². The second-order valence-electron chi connectivity index (χ2n) is 4.96. The van der Waals surface area contributed by atoms with E-state index in [0.29, 0.717) is 18.1 Å². The number of nitrogens with zero attached hydrogens (tertiary/aromatic N) is 2. The molecule has 7 nitrogen and oxygen atoms in total. The fourth-order valence-electron chi connectivity index (χ4n) is 1.97. The number of esters is 1. The summed E-state index contributed by atoms with van der Waals surface area (Å²) in [5.41, 5.74) is 0.695. The lowest BCUT2D eigenvalue weighted by atomic mass is 10.3. The Bertz CT molecular complexity index is 713. The Morgan fingerprint density at radius 1 is 1.33 bits per heavy atom. The first-order valence-electron chi connectivity index (χ1n) is 7.39. The molecule has 1 amide bonds. The summed E-state index contributed by atoms with van der Waals surface area (Å²) in [6.45, 7) is 3.75. The van der Waals surface area contributed by atoms with Crippen LogP contribution >= 0.6 is 11.8 Å². The standard InChI is InChI=1S/C16H19N3O4S/c1-3-23-16(22)9-19-14(8-11(2)18-19)17-15(21)10-24-13-6-4-12(20)5-7-13/h4-8,20H,3,9-10H2,1-2H3,(H,17,21). The van der Waals surface area contributed by atoms with E-state index in [1.807, 2.05) is 0 Å². The van der Waals surface area contributed by atoms with Crippen LogP contribution in [0.4, 0.5) is 5.82 Å². The number of thioether (sulfide) groups is 1. The van der Waals surface area contributed by atoms with Crippen LogP contribution in [-0.4, -0.2) is 39.1 Å². The van der Waals surface area contributed by atoms with E-state index in [-0.39, 0.29) is 24.0 Å². The molecular weight excluding hydrogens is 330 g/mol. The van der Waals surface area contributed by atoms with Crippen LogP contribution in [0.5, 0.6) is 5.75 Å². The van der Waals surface area contributed by atoms with Crippen molar-refractivity contribution < 1.29 is 19.4 Å². The summed E-state index contributed by atoms with van der Waals surface area (Å²) in [6, 6.07) is 8.31. The highest BCUT2D eigenvalue weighted by molar-refractivity contribution is 8.00. The van der Waals surface area contributed by atoms with Crippen molar-refractivity contribution >= 4 is 29.5 Å². The van der Waals surface area contributed by atoms with Gasteiger partial charge in [0, 0.05) is 11.0 Å². The fourth-order valence-corrected chi connectivity index (χ4v) is 2.66. The van der Waals surface area contributed by atoms with Gasteiger partial charge in [-0.15, -0.1) is 11.8 Å². The van der Waals surface area contributed by atoms with Crippen molar-refractivity contribution in [2.45, 2.75) is 25.3 Å². The molecule has 1 heterocycles. The van der Waals surface area contributed by atoms with Crippen molar-refractivity contribution in [1.29, 1.82) is 0 Å². The first-order valence-corrected chi connectivity index (χ1v) is 8.38. The lowest BCUT2D eigenvalue weighted by molar-refractivity contribution is -0.144. The molecule has 0 radical (unpaired) electrons. The van der Waals surface area contributed by atoms with E-state index in [1.54, 1.807) is 44.2 Å². The summed E-state index contributed by atoms with van der Waals surface area (Å²) in [5, 5.41) is 16.2. The Hall–Kier alpha value is -2.48. The van der Waals surface area contributed by atoms with Gasteiger partial charge in [-0.05, 0) is 38.1 Å².